The van der Waals surface area contributed by atoms with Crippen LogP contribution in [-0.4, -0.2) is 35.1 Å². The number of benzene rings is 1. The van der Waals surface area contributed by atoms with Gasteiger partial charge in [-0.15, -0.1) is 0 Å². The average molecular weight is 323 g/mol. The normalized spacial score (nSPS) is 10.4. The number of aromatic nitrogens is 3. The molecular weight excluding hydrogens is 306 g/mol. The fraction of sp³-hybridized carbons (Fsp3) is 0.176. The maximum absolute atomic E-state index is 12.2. The molecule has 0 bridgehead atoms. The SMILES string of the molecule is CN(C)c1ccnc(CNC(=O)c2cc(-c3ccccc3)on2)n1. The van der Waals surface area contributed by atoms with E-state index >= 15 is 0 Å². The predicted molar refractivity (Wildman–Crippen MR) is 89.5 cm³/mol. The second-order valence-electron chi connectivity index (χ2n) is 5.35. The molecule has 7 heteroatoms. The number of carbonyl (C=O) groups is 1. The lowest BCUT2D eigenvalue weighted by molar-refractivity contribution is 0.0941. The molecule has 0 saturated heterocycles. The van der Waals surface area contributed by atoms with E-state index < -0.39 is 0 Å². The molecule has 0 fully saturated rings. The lowest BCUT2D eigenvalue weighted by Gasteiger charge is -2.11. The fourth-order valence-electron chi connectivity index (χ4n) is 2.09. The molecular formula is C17H17N5O2. The van der Waals surface area contributed by atoms with Gasteiger partial charge in [-0.05, 0) is 6.07 Å². The van der Waals surface area contributed by atoms with Gasteiger partial charge < -0.3 is 14.7 Å². The van der Waals surface area contributed by atoms with Gasteiger partial charge >= 0.3 is 0 Å². The maximum Gasteiger partial charge on any atom is 0.273 e. The van der Waals surface area contributed by atoms with Crippen molar-refractivity contribution in [3.8, 4) is 11.3 Å². The standard InChI is InChI=1S/C17H17N5O2/c1-22(2)16-8-9-18-15(20-16)11-19-17(23)13-10-14(24-21-13)12-6-4-3-5-7-12/h3-10H,11H2,1-2H3,(H,19,23). The van der Waals surface area contributed by atoms with Crippen molar-refractivity contribution >= 4 is 11.7 Å². The summed E-state index contributed by atoms with van der Waals surface area (Å²) in [6.07, 6.45) is 1.66. The molecule has 1 aromatic carbocycles. The molecule has 3 aromatic rings. The van der Waals surface area contributed by atoms with E-state index in [0.717, 1.165) is 11.4 Å². The van der Waals surface area contributed by atoms with E-state index in [1.54, 1.807) is 18.3 Å². The summed E-state index contributed by atoms with van der Waals surface area (Å²) in [6, 6.07) is 12.9. The molecule has 7 nitrogen and oxygen atoms in total. The van der Waals surface area contributed by atoms with Crippen LogP contribution in [0.5, 0.6) is 0 Å². The summed E-state index contributed by atoms with van der Waals surface area (Å²) in [6.45, 7) is 0.216. The molecule has 0 unspecified atom stereocenters. The first-order chi connectivity index (χ1) is 11.6. The highest BCUT2D eigenvalue weighted by molar-refractivity contribution is 5.92. The summed E-state index contributed by atoms with van der Waals surface area (Å²) in [4.78, 5) is 22.5. The molecule has 0 aliphatic heterocycles. The molecule has 0 radical (unpaired) electrons. The fourth-order valence-corrected chi connectivity index (χ4v) is 2.09. The maximum atomic E-state index is 12.2. The van der Waals surface area contributed by atoms with Crippen LogP contribution in [0.25, 0.3) is 11.3 Å². The Balaban J connectivity index is 1.66. The predicted octanol–water partition coefficient (Wildman–Crippen LogP) is 2.13. The zero-order valence-corrected chi connectivity index (χ0v) is 13.4. The van der Waals surface area contributed by atoms with Crippen LogP contribution in [-0.2, 0) is 6.54 Å². The highest BCUT2D eigenvalue weighted by atomic mass is 16.5. The van der Waals surface area contributed by atoms with Crippen LogP contribution in [0.1, 0.15) is 16.3 Å². The van der Waals surface area contributed by atoms with E-state index in [0.29, 0.717) is 11.6 Å². The molecule has 0 aliphatic rings. The highest BCUT2D eigenvalue weighted by Crippen LogP contribution is 2.19. The molecule has 1 amide bonds. The quantitative estimate of drug-likeness (QED) is 0.774. The average Bonchev–Trinajstić information content (AvgIpc) is 3.11. The topological polar surface area (TPSA) is 84.2 Å². The lowest BCUT2D eigenvalue weighted by Crippen LogP contribution is -2.24. The molecule has 0 atom stereocenters. The minimum absolute atomic E-state index is 0.216. The largest absolute Gasteiger partial charge is 0.363 e. The van der Waals surface area contributed by atoms with Crippen molar-refractivity contribution in [3.05, 3.63) is 60.2 Å². The van der Waals surface area contributed by atoms with Crippen molar-refractivity contribution < 1.29 is 9.32 Å². The Hall–Kier alpha value is -3.22. The number of nitrogens with one attached hydrogen (secondary N) is 1. The molecule has 2 heterocycles. The summed E-state index contributed by atoms with van der Waals surface area (Å²) in [7, 11) is 3.79. The van der Waals surface area contributed by atoms with Gasteiger partial charge in [0.1, 0.15) is 11.6 Å². The zero-order valence-electron chi connectivity index (χ0n) is 13.4. The summed E-state index contributed by atoms with van der Waals surface area (Å²) in [5, 5.41) is 6.56. The smallest absolute Gasteiger partial charge is 0.273 e. The Bertz CT molecular complexity index is 830. The van der Waals surface area contributed by atoms with Crippen molar-refractivity contribution in [1.29, 1.82) is 0 Å². The number of hydrogen-bond acceptors (Lipinski definition) is 6. The summed E-state index contributed by atoms with van der Waals surface area (Å²) in [5.41, 5.74) is 1.09. The van der Waals surface area contributed by atoms with Crippen molar-refractivity contribution in [1.82, 2.24) is 20.4 Å². The van der Waals surface area contributed by atoms with E-state index in [1.165, 1.54) is 0 Å². The molecule has 2 aromatic heterocycles. The number of amides is 1. The van der Waals surface area contributed by atoms with E-state index in [4.69, 9.17) is 4.52 Å². The van der Waals surface area contributed by atoms with Crippen LogP contribution in [0.2, 0.25) is 0 Å². The van der Waals surface area contributed by atoms with Gasteiger partial charge in [-0.3, -0.25) is 4.79 Å². The second kappa shape index (κ2) is 6.91. The first-order valence-corrected chi connectivity index (χ1v) is 7.43. The van der Waals surface area contributed by atoms with Gasteiger partial charge in [-0.2, -0.15) is 0 Å². The van der Waals surface area contributed by atoms with Crippen molar-refractivity contribution in [3.63, 3.8) is 0 Å². The van der Waals surface area contributed by atoms with Gasteiger partial charge in [-0.25, -0.2) is 9.97 Å². The number of anilines is 1. The summed E-state index contributed by atoms with van der Waals surface area (Å²) in [5.74, 6) is 1.52. The van der Waals surface area contributed by atoms with E-state index in [-0.39, 0.29) is 18.1 Å². The molecule has 3 rings (SSSR count). The molecule has 122 valence electrons. The van der Waals surface area contributed by atoms with Crippen molar-refractivity contribution in [2.45, 2.75) is 6.54 Å². The second-order valence-corrected chi connectivity index (χ2v) is 5.35. The number of rotatable bonds is 5. The summed E-state index contributed by atoms with van der Waals surface area (Å²) < 4.78 is 5.23. The molecule has 0 aliphatic carbocycles. The monoisotopic (exact) mass is 323 g/mol. The lowest BCUT2D eigenvalue weighted by atomic mass is 10.1. The molecule has 1 N–H and O–H groups in total. The van der Waals surface area contributed by atoms with Crippen LogP contribution in [0.3, 0.4) is 0 Å². The minimum atomic E-state index is -0.334. The van der Waals surface area contributed by atoms with Gasteiger partial charge in [0.15, 0.2) is 11.5 Å². The van der Waals surface area contributed by atoms with E-state index in [2.05, 4.69) is 20.4 Å². The number of hydrogen-bond donors (Lipinski definition) is 1. The van der Waals surface area contributed by atoms with E-state index in [9.17, 15) is 4.79 Å². The summed E-state index contributed by atoms with van der Waals surface area (Å²) >= 11 is 0. The van der Waals surface area contributed by atoms with Crippen molar-refractivity contribution in [2.75, 3.05) is 19.0 Å². The van der Waals surface area contributed by atoms with Crippen LogP contribution < -0.4 is 10.2 Å². The first-order valence-electron chi connectivity index (χ1n) is 7.43. The van der Waals surface area contributed by atoms with Gasteiger partial charge in [-0.1, -0.05) is 35.5 Å². The molecule has 0 spiro atoms. The van der Waals surface area contributed by atoms with Gasteiger partial charge in [0.2, 0.25) is 0 Å². The Morgan fingerprint density at radius 2 is 2.00 bits per heavy atom. The molecule has 24 heavy (non-hydrogen) atoms. The third kappa shape index (κ3) is 3.57. The van der Waals surface area contributed by atoms with E-state index in [1.807, 2.05) is 49.3 Å². The van der Waals surface area contributed by atoms with Crippen LogP contribution in [0.4, 0.5) is 5.82 Å². The Labute approximate surface area is 139 Å². The third-order valence-electron chi connectivity index (χ3n) is 3.36. The zero-order chi connectivity index (χ0) is 16.9. The van der Waals surface area contributed by atoms with Crippen molar-refractivity contribution in [2.24, 2.45) is 0 Å². The molecule has 0 saturated carbocycles. The minimum Gasteiger partial charge on any atom is -0.363 e. The van der Waals surface area contributed by atoms with Crippen LogP contribution in [0.15, 0.2) is 53.2 Å². The first kappa shape index (κ1) is 15.7. The Morgan fingerprint density at radius 1 is 1.21 bits per heavy atom. The highest BCUT2D eigenvalue weighted by Gasteiger charge is 2.14. The van der Waals surface area contributed by atoms with Gasteiger partial charge in [0.05, 0.1) is 6.54 Å². The Kier molecular flexibility index (Phi) is 4.51. The number of nitrogens with zero attached hydrogens (tertiary/aromatic N) is 4. The number of carbonyl (C=O) groups excluding carboxylic acids is 1. The van der Waals surface area contributed by atoms with Crippen LogP contribution in [0, 0.1) is 0 Å². The van der Waals surface area contributed by atoms with Gasteiger partial charge in [0.25, 0.3) is 5.91 Å². The van der Waals surface area contributed by atoms with Crippen LogP contribution >= 0.6 is 0 Å². The Morgan fingerprint density at radius 3 is 2.75 bits per heavy atom. The third-order valence-corrected chi connectivity index (χ3v) is 3.36. The van der Waals surface area contributed by atoms with Gasteiger partial charge in [0, 0.05) is 31.9 Å².